The lowest BCUT2D eigenvalue weighted by molar-refractivity contribution is 0.1000. The summed E-state index contributed by atoms with van der Waals surface area (Å²) < 4.78 is 1.74. The quantitative estimate of drug-likeness (QED) is 0.675. The van der Waals surface area contributed by atoms with Gasteiger partial charge in [0.2, 0.25) is 5.91 Å². The van der Waals surface area contributed by atoms with E-state index < -0.39 is 14.0 Å². The van der Waals surface area contributed by atoms with E-state index in [0.717, 1.165) is 5.52 Å². The smallest absolute Gasteiger partial charge is 0.250 e. The van der Waals surface area contributed by atoms with Gasteiger partial charge in [0.05, 0.1) is 22.8 Å². The van der Waals surface area contributed by atoms with Gasteiger partial charge in [0.25, 0.3) is 0 Å². The first-order chi connectivity index (χ1) is 11.2. The van der Waals surface area contributed by atoms with Crippen LogP contribution in [0.25, 0.3) is 5.52 Å². The summed E-state index contributed by atoms with van der Waals surface area (Å²) in [7, 11) is -1.88. The Bertz CT molecular complexity index is 787. The van der Waals surface area contributed by atoms with Crippen molar-refractivity contribution in [1.29, 1.82) is 0 Å². The molecule has 128 valence electrons. The fourth-order valence-electron chi connectivity index (χ4n) is 3.94. The molecule has 0 radical (unpaired) electrons. The van der Waals surface area contributed by atoms with Crippen molar-refractivity contribution in [3.05, 3.63) is 35.7 Å². The van der Waals surface area contributed by atoms with E-state index in [1.54, 1.807) is 23.0 Å². The highest BCUT2D eigenvalue weighted by molar-refractivity contribution is 6.90. The molecule has 1 amide bonds. The van der Waals surface area contributed by atoms with E-state index in [1.165, 1.54) is 0 Å². The average Bonchev–Trinajstić information content (AvgIpc) is 2.94. The fraction of sp³-hybridized carbons (Fsp3) is 0.474. The number of carbonyl (C=O) groups is 1. The predicted molar refractivity (Wildman–Crippen MR) is 102 cm³/mol. The molecule has 0 aliphatic rings. The topological polar surface area (TPSA) is 60.4 Å². The average molecular weight is 342 g/mol. The molecule has 0 spiro atoms. The zero-order valence-corrected chi connectivity index (χ0v) is 16.4. The van der Waals surface area contributed by atoms with Crippen molar-refractivity contribution in [3.8, 4) is 11.5 Å². The van der Waals surface area contributed by atoms with E-state index in [2.05, 4.69) is 58.1 Å². The number of carbonyl (C=O) groups excluding carboxylic acids is 1. The van der Waals surface area contributed by atoms with Crippen LogP contribution < -0.4 is 5.73 Å². The minimum atomic E-state index is -1.88. The van der Waals surface area contributed by atoms with Gasteiger partial charge in [0.1, 0.15) is 8.07 Å². The van der Waals surface area contributed by atoms with Gasteiger partial charge in [-0.25, -0.2) is 4.52 Å². The summed E-state index contributed by atoms with van der Waals surface area (Å²) in [6.07, 6.45) is 3.46. The molecule has 0 atom stereocenters. The number of nitrogens with zero attached hydrogens (tertiary/aromatic N) is 2. The van der Waals surface area contributed by atoms with Gasteiger partial charge in [-0.05, 0) is 28.8 Å². The predicted octanol–water partition coefficient (Wildman–Crippen LogP) is 4.00. The molecule has 24 heavy (non-hydrogen) atoms. The number of primary amides is 1. The van der Waals surface area contributed by atoms with Crippen LogP contribution in [0.1, 0.15) is 57.5 Å². The monoisotopic (exact) mass is 341 g/mol. The van der Waals surface area contributed by atoms with Crippen LogP contribution >= 0.6 is 0 Å². The molecule has 0 fully saturated rings. The number of hydrogen-bond donors (Lipinski definition) is 1. The fourth-order valence-corrected chi connectivity index (χ4v) is 9.15. The number of pyridine rings is 1. The van der Waals surface area contributed by atoms with Gasteiger partial charge in [0, 0.05) is 6.20 Å². The van der Waals surface area contributed by atoms with Crippen molar-refractivity contribution in [2.75, 3.05) is 0 Å². The van der Waals surface area contributed by atoms with Crippen molar-refractivity contribution >= 4 is 19.5 Å². The molecule has 2 heterocycles. The Labute approximate surface area is 145 Å². The van der Waals surface area contributed by atoms with Gasteiger partial charge in [-0.1, -0.05) is 47.5 Å². The van der Waals surface area contributed by atoms with Gasteiger partial charge >= 0.3 is 0 Å². The first kappa shape index (κ1) is 18.3. The molecule has 2 rings (SSSR count). The molecule has 2 N–H and O–H groups in total. The molecule has 2 aromatic rings. The molecular weight excluding hydrogens is 314 g/mol. The molecule has 0 aromatic carbocycles. The molecule has 5 heteroatoms. The lowest BCUT2D eigenvalue weighted by Crippen LogP contribution is -2.43. The highest BCUT2D eigenvalue weighted by Gasteiger charge is 2.41. The Morgan fingerprint density at radius 1 is 1.12 bits per heavy atom. The first-order valence-electron chi connectivity index (χ1n) is 8.51. The number of hydrogen-bond acceptors (Lipinski definition) is 2. The van der Waals surface area contributed by atoms with E-state index in [4.69, 9.17) is 5.73 Å². The number of aromatic nitrogens is 2. The van der Waals surface area contributed by atoms with E-state index in [-0.39, 0.29) is 0 Å². The normalized spacial score (nSPS) is 12.0. The SMILES string of the molecule is CC(C)[Si](C#Cc1c(C(N)=O)ccn2nccc12)(C(C)C)C(C)C. The molecular formula is C19H27N3OSi. The van der Waals surface area contributed by atoms with Crippen LogP contribution in [-0.4, -0.2) is 23.6 Å². The molecule has 0 saturated carbocycles. The Kier molecular flexibility index (Phi) is 5.19. The molecule has 0 saturated heterocycles. The Hall–Kier alpha value is -2.06. The second kappa shape index (κ2) is 6.82. The number of nitrogens with two attached hydrogens (primary N) is 1. The third kappa shape index (κ3) is 2.99. The lowest BCUT2D eigenvalue weighted by atomic mass is 10.1. The van der Waals surface area contributed by atoms with Gasteiger partial charge in [0.15, 0.2) is 0 Å². The number of fused-ring (bicyclic) bond motifs is 1. The highest BCUT2D eigenvalue weighted by atomic mass is 28.3. The minimum absolute atomic E-state index is 0.450. The van der Waals surface area contributed by atoms with Crippen LogP contribution in [0.15, 0.2) is 24.5 Å². The van der Waals surface area contributed by atoms with Crippen LogP contribution in [0.2, 0.25) is 16.6 Å². The zero-order chi connectivity index (χ0) is 18.1. The van der Waals surface area contributed by atoms with E-state index in [9.17, 15) is 4.79 Å². The lowest BCUT2D eigenvalue weighted by Gasteiger charge is -2.38. The third-order valence-corrected chi connectivity index (χ3v) is 11.4. The summed E-state index contributed by atoms with van der Waals surface area (Å²) >= 11 is 0. The first-order valence-corrected chi connectivity index (χ1v) is 10.7. The van der Waals surface area contributed by atoms with E-state index >= 15 is 0 Å². The van der Waals surface area contributed by atoms with Crippen molar-refractivity contribution < 1.29 is 4.79 Å². The van der Waals surface area contributed by atoms with E-state index in [0.29, 0.717) is 27.8 Å². The van der Waals surface area contributed by atoms with Gasteiger partial charge in [-0.3, -0.25) is 4.79 Å². The zero-order valence-electron chi connectivity index (χ0n) is 15.4. The maximum atomic E-state index is 11.8. The van der Waals surface area contributed by atoms with Crippen molar-refractivity contribution in [2.24, 2.45) is 5.73 Å². The van der Waals surface area contributed by atoms with Crippen molar-refractivity contribution in [2.45, 2.75) is 58.2 Å². The summed E-state index contributed by atoms with van der Waals surface area (Å²) in [6, 6.07) is 3.58. The van der Waals surface area contributed by atoms with Crippen molar-refractivity contribution in [1.82, 2.24) is 9.61 Å². The second-order valence-corrected chi connectivity index (χ2v) is 12.9. The Morgan fingerprint density at radius 2 is 1.71 bits per heavy atom. The largest absolute Gasteiger partial charge is 0.366 e. The maximum Gasteiger partial charge on any atom is 0.250 e. The Balaban J connectivity index is 2.72. The molecule has 0 aliphatic carbocycles. The number of rotatable bonds is 4. The van der Waals surface area contributed by atoms with Crippen LogP contribution in [-0.2, 0) is 0 Å². The summed E-state index contributed by atoms with van der Waals surface area (Å²) in [5.41, 5.74) is 12.8. The molecule has 4 nitrogen and oxygen atoms in total. The van der Waals surface area contributed by atoms with Crippen LogP contribution in [0.4, 0.5) is 0 Å². The molecule has 2 aromatic heterocycles. The van der Waals surface area contributed by atoms with Crippen molar-refractivity contribution in [3.63, 3.8) is 0 Å². The highest BCUT2D eigenvalue weighted by Crippen LogP contribution is 2.40. The third-order valence-electron chi connectivity index (χ3n) is 5.11. The Morgan fingerprint density at radius 3 is 2.21 bits per heavy atom. The van der Waals surface area contributed by atoms with E-state index in [1.807, 2.05) is 6.07 Å². The summed E-state index contributed by atoms with van der Waals surface area (Å²) in [6.45, 7) is 13.6. The second-order valence-electron chi connectivity index (χ2n) is 7.28. The maximum absolute atomic E-state index is 11.8. The van der Waals surface area contributed by atoms with Crippen LogP contribution in [0.5, 0.6) is 0 Å². The van der Waals surface area contributed by atoms with Crippen LogP contribution in [0, 0.1) is 11.5 Å². The minimum Gasteiger partial charge on any atom is -0.366 e. The van der Waals surface area contributed by atoms with Gasteiger partial charge in [-0.15, -0.1) is 5.54 Å². The summed E-state index contributed by atoms with van der Waals surface area (Å²) in [5.74, 6) is 2.91. The summed E-state index contributed by atoms with van der Waals surface area (Å²) in [4.78, 5) is 11.8. The number of amides is 1. The molecule has 0 unspecified atom stereocenters. The molecule has 0 bridgehead atoms. The summed E-state index contributed by atoms with van der Waals surface area (Å²) in [5, 5.41) is 4.24. The van der Waals surface area contributed by atoms with Crippen LogP contribution in [0.3, 0.4) is 0 Å². The van der Waals surface area contributed by atoms with Gasteiger partial charge in [-0.2, -0.15) is 5.10 Å². The standard InChI is InChI=1S/C19H27N3OSi/c1-13(2)24(14(3)4,15(5)6)12-9-16-17(19(20)23)8-11-22-18(16)7-10-21-22/h7-8,10-11,13-15H,1-6H3,(H2,20,23). The van der Waals surface area contributed by atoms with Gasteiger partial charge < -0.3 is 5.73 Å². The molecule has 0 aliphatic heterocycles.